The van der Waals surface area contributed by atoms with Crippen LogP contribution in [0.15, 0.2) is 0 Å². The molecule has 0 aliphatic carbocycles. The van der Waals surface area contributed by atoms with Gasteiger partial charge in [0.15, 0.2) is 0 Å². The van der Waals surface area contributed by atoms with Gasteiger partial charge in [0.1, 0.15) is 0 Å². The van der Waals surface area contributed by atoms with E-state index in [1.165, 1.54) is 17.9 Å². The molecule has 0 bridgehead atoms. The topological polar surface area (TPSA) is 0 Å². The first-order valence-corrected chi connectivity index (χ1v) is 4.22. The minimum atomic E-state index is 0.306. The van der Waals surface area contributed by atoms with Gasteiger partial charge >= 0.3 is 42.6 Å². The van der Waals surface area contributed by atoms with Crippen LogP contribution >= 0.6 is 11.6 Å². The molecule has 0 aromatic heterocycles. The third-order valence-electron chi connectivity index (χ3n) is 0.707. The van der Waals surface area contributed by atoms with E-state index in [9.17, 15) is 0 Å². The Morgan fingerprint density at radius 3 is 1.78 bits per heavy atom. The molecule has 52 valence electrons. The Kier molecular flexibility index (Phi) is 16.3. The van der Waals surface area contributed by atoms with Crippen molar-refractivity contribution in [2.24, 2.45) is 0 Å². The van der Waals surface area contributed by atoms with Gasteiger partial charge in [0.05, 0.1) is 0 Å². The van der Waals surface area contributed by atoms with Crippen molar-refractivity contribution in [1.29, 1.82) is 0 Å². The predicted molar refractivity (Wildman–Crippen MR) is 46.5 cm³/mol. The van der Waals surface area contributed by atoms with Crippen molar-refractivity contribution in [2.45, 2.75) is 44.1 Å². The van der Waals surface area contributed by atoms with Crippen LogP contribution < -0.4 is 0 Å². The zero-order chi connectivity index (χ0) is 7.70. The second-order valence-corrected chi connectivity index (χ2v) is 3.24. The van der Waals surface area contributed by atoms with Crippen molar-refractivity contribution in [1.82, 2.24) is 0 Å². The van der Waals surface area contributed by atoms with Crippen molar-refractivity contribution in [3.8, 4) is 0 Å². The molecule has 0 spiro atoms. The number of rotatable bonds is 2. The molecule has 0 aromatic rings. The molecule has 0 saturated heterocycles. The molecule has 9 heavy (non-hydrogen) atoms. The average Bonchev–Trinajstić information content (AvgIpc) is 1.66. The van der Waals surface area contributed by atoms with Crippen molar-refractivity contribution in [3.63, 3.8) is 0 Å². The van der Waals surface area contributed by atoms with Crippen LogP contribution in [0.2, 0.25) is 5.09 Å². The molecule has 0 N–H and O–H groups in total. The Labute approximate surface area is 73.6 Å². The van der Waals surface area contributed by atoms with Crippen LogP contribution in [-0.4, -0.2) is 23.1 Å². The molecule has 0 unspecified atom stereocenters. The van der Waals surface area contributed by atoms with E-state index in [1.54, 1.807) is 0 Å². The van der Waals surface area contributed by atoms with E-state index in [0.29, 0.717) is 5.38 Å². The fraction of sp³-hybridized carbons (Fsp3) is 1.00. The fourth-order valence-corrected chi connectivity index (χ4v) is 0.354. The number of hydrogen-bond acceptors (Lipinski definition) is 0. The second kappa shape index (κ2) is 11.7. The summed E-state index contributed by atoms with van der Waals surface area (Å²) in [5, 5.41) is 1.65. The normalized spacial score (nSPS) is 8.78. The number of hydrogen-bond donors (Lipinski definition) is 0. The molecule has 0 fully saturated rings. The van der Waals surface area contributed by atoms with Crippen LogP contribution in [0.25, 0.3) is 0 Å². The van der Waals surface area contributed by atoms with Gasteiger partial charge in [0.2, 0.25) is 0 Å². The first-order valence-electron chi connectivity index (χ1n) is 3.79. The van der Waals surface area contributed by atoms with E-state index in [1.807, 2.05) is 13.8 Å². The van der Waals surface area contributed by atoms with Crippen LogP contribution in [-0.2, 0) is 0 Å². The average molecular weight is 143 g/mol. The Morgan fingerprint density at radius 2 is 1.78 bits per heavy atom. The number of alkyl halides is 1. The fourth-order valence-electron chi connectivity index (χ4n) is 0.354. The van der Waals surface area contributed by atoms with E-state index >= 15 is 0 Å². The van der Waals surface area contributed by atoms with Crippen LogP contribution in [0.4, 0.5) is 0 Å². The summed E-state index contributed by atoms with van der Waals surface area (Å²) in [6, 6.07) is 0. The molecular weight excluding hydrogens is 126 g/mol. The molecule has 0 saturated carbocycles. The van der Waals surface area contributed by atoms with Crippen LogP contribution in [0, 0.1) is 0 Å². The molecule has 0 amide bonds. The van der Waals surface area contributed by atoms with Gasteiger partial charge in [-0.15, -0.1) is 11.6 Å². The first-order chi connectivity index (χ1) is 4.15. The molecule has 0 rings (SSSR count). The molecular formula is C7H16ClLi. The van der Waals surface area contributed by atoms with Crippen LogP contribution in [0.1, 0.15) is 33.6 Å². The van der Waals surface area contributed by atoms with Crippen molar-refractivity contribution >= 4 is 29.3 Å². The molecule has 0 radical (unpaired) electrons. The summed E-state index contributed by atoms with van der Waals surface area (Å²) in [5.74, 6) is 0. The van der Waals surface area contributed by atoms with E-state index in [4.69, 9.17) is 11.6 Å². The maximum atomic E-state index is 5.27. The third-order valence-corrected chi connectivity index (χ3v) is 0.707. The van der Waals surface area contributed by atoms with Crippen molar-refractivity contribution < 1.29 is 0 Å². The summed E-state index contributed by atoms with van der Waals surface area (Å²) < 4.78 is 0. The van der Waals surface area contributed by atoms with Gasteiger partial charge in [-0.05, 0) is 13.8 Å². The number of halogens is 1. The van der Waals surface area contributed by atoms with Gasteiger partial charge in [0, 0.05) is 5.38 Å². The van der Waals surface area contributed by atoms with Gasteiger partial charge in [-0.2, -0.15) is 0 Å². The zero-order valence-corrected chi connectivity index (χ0v) is 7.83. The summed E-state index contributed by atoms with van der Waals surface area (Å²) in [4.78, 5) is 0. The SMILES string of the molecule is CC(C)Cl.[Li][CH2]CCC. The summed E-state index contributed by atoms with van der Waals surface area (Å²) >= 11 is 7.49. The molecule has 2 heteroatoms. The molecule has 0 atom stereocenters. The monoisotopic (exact) mass is 142 g/mol. The summed E-state index contributed by atoms with van der Waals surface area (Å²) in [6.07, 6.45) is 2.73. The second-order valence-electron chi connectivity index (χ2n) is 2.37. The van der Waals surface area contributed by atoms with Crippen molar-refractivity contribution in [3.05, 3.63) is 0 Å². The Bertz CT molecular complexity index is 33.1. The van der Waals surface area contributed by atoms with E-state index in [2.05, 4.69) is 24.6 Å². The molecule has 0 aliphatic heterocycles. The maximum absolute atomic E-state index is 5.27. The van der Waals surface area contributed by atoms with Gasteiger partial charge in [-0.1, -0.05) is 0 Å². The van der Waals surface area contributed by atoms with Gasteiger partial charge < -0.3 is 0 Å². The first kappa shape index (κ1) is 12.6. The van der Waals surface area contributed by atoms with Gasteiger partial charge in [-0.25, -0.2) is 0 Å². The quantitative estimate of drug-likeness (QED) is 0.411. The van der Waals surface area contributed by atoms with Crippen molar-refractivity contribution in [2.75, 3.05) is 0 Å². The molecule has 0 heterocycles. The summed E-state index contributed by atoms with van der Waals surface area (Å²) in [6.45, 7) is 6.08. The van der Waals surface area contributed by atoms with E-state index in [-0.39, 0.29) is 0 Å². The summed E-state index contributed by atoms with van der Waals surface area (Å²) in [7, 11) is 0. The van der Waals surface area contributed by atoms with Crippen LogP contribution in [0.5, 0.6) is 0 Å². The van der Waals surface area contributed by atoms with Gasteiger partial charge in [-0.3, -0.25) is 0 Å². The predicted octanol–water partition coefficient (Wildman–Crippen LogP) is 3.01. The standard InChI is InChI=1S/C4H9.C3H7Cl.Li/c1-3-4-2;1-3(2)4;/h1,3-4H2,2H3;3H,1-2H3;. The molecule has 0 aromatic carbocycles. The minimum absolute atomic E-state index is 0.306. The van der Waals surface area contributed by atoms with E-state index in [0.717, 1.165) is 0 Å². The molecule has 0 aliphatic rings. The summed E-state index contributed by atoms with van der Waals surface area (Å²) in [5.41, 5.74) is 0. The van der Waals surface area contributed by atoms with Gasteiger partial charge in [0.25, 0.3) is 0 Å². The van der Waals surface area contributed by atoms with E-state index < -0.39 is 0 Å². The third kappa shape index (κ3) is 50.6. The molecule has 0 nitrogen and oxygen atoms in total. The van der Waals surface area contributed by atoms with Crippen LogP contribution in [0.3, 0.4) is 0 Å². The Balaban J connectivity index is 0. The Hall–Kier alpha value is 0.887. The zero-order valence-electron chi connectivity index (χ0n) is 7.08. The number of unbranched alkanes of at least 4 members (excludes halogenated alkanes) is 1. The Morgan fingerprint density at radius 1 is 1.44 bits per heavy atom.